The van der Waals surface area contributed by atoms with E-state index in [9.17, 15) is 19.5 Å². The van der Waals surface area contributed by atoms with Gasteiger partial charge in [-0.15, -0.1) is 0 Å². The summed E-state index contributed by atoms with van der Waals surface area (Å²) in [6.45, 7) is 0.527. The van der Waals surface area contributed by atoms with Crippen LogP contribution in [-0.2, 0) is 16.1 Å². The summed E-state index contributed by atoms with van der Waals surface area (Å²) >= 11 is 0. The highest BCUT2D eigenvalue weighted by Gasteiger charge is 2.21. The van der Waals surface area contributed by atoms with E-state index in [1.807, 2.05) is 30.1 Å². The first-order valence-electron chi connectivity index (χ1n) is 10.0. The molecule has 1 amide bonds. The SMILES string of the molecule is CN(Cc1ccc(C(=O)N[C@@H](CCC(=O)O)C(=O)O)cc1)c1ccc2nc(N)nc(N)c2c1. The van der Waals surface area contributed by atoms with Gasteiger partial charge >= 0.3 is 11.9 Å². The molecule has 33 heavy (non-hydrogen) atoms. The van der Waals surface area contributed by atoms with Gasteiger partial charge in [0.1, 0.15) is 11.9 Å². The molecule has 0 saturated heterocycles. The van der Waals surface area contributed by atoms with E-state index >= 15 is 0 Å². The van der Waals surface area contributed by atoms with Crippen molar-refractivity contribution < 1.29 is 24.6 Å². The van der Waals surface area contributed by atoms with Crippen LogP contribution in [0, 0.1) is 0 Å². The smallest absolute Gasteiger partial charge is 0.326 e. The Morgan fingerprint density at radius 3 is 2.39 bits per heavy atom. The summed E-state index contributed by atoms with van der Waals surface area (Å²) in [5, 5.41) is 21.0. The Bertz CT molecular complexity index is 1200. The number of anilines is 3. The molecule has 7 N–H and O–H groups in total. The summed E-state index contributed by atoms with van der Waals surface area (Å²) in [6.07, 6.45) is -0.560. The zero-order chi connectivity index (χ0) is 24.1. The van der Waals surface area contributed by atoms with Crippen LogP contribution in [0.4, 0.5) is 17.5 Å². The van der Waals surface area contributed by atoms with Gasteiger partial charge in [0.2, 0.25) is 5.95 Å². The van der Waals surface area contributed by atoms with Crippen molar-refractivity contribution in [2.45, 2.75) is 25.4 Å². The van der Waals surface area contributed by atoms with E-state index < -0.39 is 23.9 Å². The summed E-state index contributed by atoms with van der Waals surface area (Å²) in [5.74, 6) is -2.59. The second-order valence-electron chi connectivity index (χ2n) is 7.52. The number of hydrogen-bond acceptors (Lipinski definition) is 8. The van der Waals surface area contributed by atoms with Crippen LogP contribution in [0.3, 0.4) is 0 Å². The third kappa shape index (κ3) is 5.85. The van der Waals surface area contributed by atoms with Crippen LogP contribution in [0.15, 0.2) is 42.5 Å². The summed E-state index contributed by atoms with van der Waals surface area (Å²) in [7, 11) is 1.90. The highest BCUT2D eigenvalue weighted by atomic mass is 16.4. The number of fused-ring (bicyclic) bond motifs is 1. The number of carbonyl (C=O) groups excluding carboxylic acids is 1. The summed E-state index contributed by atoms with van der Waals surface area (Å²) in [6, 6.07) is 11.0. The number of carboxylic acids is 2. The topological polar surface area (TPSA) is 185 Å². The van der Waals surface area contributed by atoms with Crippen LogP contribution in [0.5, 0.6) is 0 Å². The maximum atomic E-state index is 12.4. The average Bonchev–Trinajstić information content (AvgIpc) is 2.76. The minimum atomic E-state index is -1.29. The van der Waals surface area contributed by atoms with Gasteiger partial charge in [0.05, 0.1) is 5.52 Å². The van der Waals surface area contributed by atoms with E-state index in [-0.39, 0.29) is 24.4 Å². The van der Waals surface area contributed by atoms with E-state index in [1.165, 1.54) is 0 Å². The molecule has 3 rings (SSSR count). The summed E-state index contributed by atoms with van der Waals surface area (Å²) in [5.41, 5.74) is 14.3. The molecular weight excluding hydrogens is 428 g/mol. The van der Waals surface area contributed by atoms with Gasteiger partial charge in [0.25, 0.3) is 5.91 Å². The zero-order valence-corrected chi connectivity index (χ0v) is 17.9. The molecule has 0 saturated carbocycles. The minimum absolute atomic E-state index is 0.113. The van der Waals surface area contributed by atoms with E-state index in [1.54, 1.807) is 24.3 Å². The molecule has 0 radical (unpaired) electrons. The van der Waals surface area contributed by atoms with Crippen molar-refractivity contribution in [3.05, 3.63) is 53.6 Å². The third-order valence-corrected chi connectivity index (χ3v) is 5.05. The number of amides is 1. The van der Waals surface area contributed by atoms with Crippen molar-refractivity contribution in [3.63, 3.8) is 0 Å². The Kier molecular flexibility index (Phi) is 6.91. The van der Waals surface area contributed by atoms with Gasteiger partial charge in [-0.3, -0.25) is 9.59 Å². The van der Waals surface area contributed by atoms with Crippen LogP contribution in [0.25, 0.3) is 10.9 Å². The fourth-order valence-corrected chi connectivity index (χ4v) is 3.29. The summed E-state index contributed by atoms with van der Waals surface area (Å²) in [4.78, 5) is 44.5. The highest BCUT2D eigenvalue weighted by Crippen LogP contribution is 2.25. The molecule has 1 aromatic heterocycles. The fraction of sp³-hybridized carbons (Fsp3) is 0.227. The van der Waals surface area contributed by atoms with Crippen molar-refractivity contribution in [1.29, 1.82) is 0 Å². The molecule has 1 heterocycles. The predicted molar refractivity (Wildman–Crippen MR) is 123 cm³/mol. The number of carbonyl (C=O) groups is 3. The molecular formula is C22H24N6O5. The normalized spacial score (nSPS) is 11.7. The lowest BCUT2D eigenvalue weighted by Crippen LogP contribution is -2.41. The molecule has 11 heteroatoms. The van der Waals surface area contributed by atoms with Gasteiger partial charge in [-0.25, -0.2) is 9.78 Å². The quantitative estimate of drug-likeness (QED) is 0.318. The van der Waals surface area contributed by atoms with Crippen LogP contribution < -0.4 is 21.7 Å². The third-order valence-electron chi connectivity index (χ3n) is 5.05. The zero-order valence-electron chi connectivity index (χ0n) is 17.9. The van der Waals surface area contributed by atoms with Crippen molar-refractivity contribution in [3.8, 4) is 0 Å². The van der Waals surface area contributed by atoms with E-state index in [0.29, 0.717) is 23.3 Å². The molecule has 0 aliphatic rings. The molecule has 0 fully saturated rings. The number of rotatable bonds is 9. The standard InChI is InChI=1S/C22H24N6O5/c1-28(14-6-7-16-15(10-14)19(23)27-22(24)26-16)11-12-2-4-13(5-3-12)20(31)25-17(21(32)33)8-9-18(29)30/h2-7,10,17H,8-9,11H2,1H3,(H,25,31)(H,29,30)(H,32,33)(H4,23,24,26,27)/t17-/m0/s1. The van der Waals surface area contributed by atoms with Crippen molar-refractivity contribution in [2.75, 3.05) is 23.4 Å². The maximum absolute atomic E-state index is 12.4. The molecule has 1 atom stereocenters. The summed E-state index contributed by atoms with van der Waals surface area (Å²) < 4.78 is 0. The van der Waals surface area contributed by atoms with E-state index in [2.05, 4.69) is 15.3 Å². The first kappa shape index (κ1) is 23.3. The number of nitrogen functional groups attached to an aromatic ring is 2. The number of carboxylic acid groups (broad SMARTS) is 2. The first-order chi connectivity index (χ1) is 15.6. The molecule has 172 valence electrons. The molecule has 11 nitrogen and oxygen atoms in total. The number of hydrogen-bond donors (Lipinski definition) is 5. The van der Waals surface area contributed by atoms with Gasteiger partial charge in [-0.05, 0) is 42.3 Å². The average molecular weight is 452 g/mol. The van der Waals surface area contributed by atoms with Crippen LogP contribution in [0.2, 0.25) is 0 Å². The number of nitrogens with one attached hydrogen (secondary N) is 1. The number of nitrogens with zero attached hydrogens (tertiary/aromatic N) is 3. The Morgan fingerprint density at radius 2 is 1.76 bits per heavy atom. The van der Waals surface area contributed by atoms with Crippen molar-refractivity contribution >= 4 is 46.2 Å². The largest absolute Gasteiger partial charge is 0.481 e. The Labute approximate surface area is 189 Å². The number of benzene rings is 2. The Morgan fingerprint density at radius 1 is 1.06 bits per heavy atom. The van der Waals surface area contributed by atoms with Crippen molar-refractivity contribution in [1.82, 2.24) is 15.3 Å². The van der Waals surface area contributed by atoms with Gasteiger partial charge in [-0.2, -0.15) is 4.98 Å². The lowest BCUT2D eigenvalue weighted by Gasteiger charge is -2.20. The minimum Gasteiger partial charge on any atom is -0.481 e. The number of nitrogens with two attached hydrogens (primary N) is 2. The van der Waals surface area contributed by atoms with Gasteiger partial charge in [0, 0.05) is 36.7 Å². The molecule has 0 spiro atoms. The second kappa shape index (κ2) is 9.81. The monoisotopic (exact) mass is 452 g/mol. The molecule has 0 bridgehead atoms. The maximum Gasteiger partial charge on any atom is 0.326 e. The van der Waals surface area contributed by atoms with Crippen LogP contribution in [-0.4, -0.2) is 51.1 Å². The predicted octanol–water partition coefficient (Wildman–Crippen LogP) is 1.48. The number of aliphatic carboxylic acids is 2. The van der Waals surface area contributed by atoms with Crippen LogP contribution in [0.1, 0.15) is 28.8 Å². The van der Waals surface area contributed by atoms with Crippen LogP contribution >= 0.6 is 0 Å². The molecule has 0 aliphatic carbocycles. The molecule has 0 unspecified atom stereocenters. The van der Waals surface area contributed by atoms with Gasteiger partial charge < -0.3 is 31.9 Å². The molecule has 0 aliphatic heterocycles. The highest BCUT2D eigenvalue weighted by molar-refractivity contribution is 5.96. The van der Waals surface area contributed by atoms with Crippen molar-refractivity contribution in [2.24, 2.45) is 0 Å². The first-order valence-corrected chi connectivity index (χ1v) is 10.0. The lowest BCUT2D eigenvalue weighted by molar-refractivity contribution is -0.140. The Hall–Kier alpha value is -4.41. The molecule has 3 aromatic rings. The Balaban J connectivity index is 1.67. The van der Waals surface area contributed by atoms with E-state index in [4.69, 9.17) is 16.6 Å². The lowest BCUT2D eigenvalue weighted by atomic mass is 10.1. The molecule has 2 aromatic carbocycles. The second-order valence-corrected chi connectivity index (χ2v) is 7.52. The fourth-order valence-electron chi connectivity index (χ4n) is 3.29. The van der Waals surface area contributed by atoms with Gasteiger partial charge in [-0.1, -0.05) is 12.1 Å². The number of aromatic nitrogens is 2. The van der Waals surface area contributed by atoms with E-state index in [0.717, 1.165) is 11.3 Å². The van der Waals surface area contributed by atoms with Gasteiger partial charge in [0.15, 0.2) is 0 Å².